The van der Waals surface area contributed by atoms with Crippen LogP contribution in [-0.4, -0.2) is 13.1 Å². The molecule has 2 N–H and O–H groups in total. The van der Waals surface area contributed by atoms with Gasteiger partial charge in [0.15, 0.2) is 0 Å². The van der Waals surface area contributed by atoms with Crippen LogP contribution in [0, 0.1) is 0 Å². The summed E-state index contributed by atoms with van der Waals surface area (Å²) in [6.07, 6.45) is 8.14. The first kappa shape index (κ1) is 13.9. The molecule has 0 atom stereocenters. The van der Waals surface area contributed by atoms with Crippen LogP contribution in [0.1, 0.15) is 44.1 Å². The monoisotopic (exact) mass is 310 g/mol. The maximum atomic E-state index is 5.89. The molecule has 18 heavy (non-hydrogen) atoms. The van der Waals surface area contributed by atoms with E-state index < -0.39 is 0 Å². The molecular weight excluding hydrogens is 288 g/mol. The highest BCUT2D eigenvalue weighted by molar-refractivity contribution is 9.10. The Kier molecular flexibility index (Phi) is 5.07. The van der Waals surface area contributed by atoms with Crippen molar-refractivity contribution >= 4 is 21.6 Å². The molecule has 1 aliphatic carbocycles. The summed E-state index contributed by atoms with van der Waals surface area (Å²) in [5, 5.41) is 0. The van der Waals surface area contributed by atoms with Gasteiger partial charge in [0.25, 0.3) is 0 Å². The fourth-order valence-corrected chi connectivity index (χ4v) is 3.44. The van der Waals surface area contributed by atoms with Crippen molar-refractivity contribution in [2.24, 2.45) is 5.73 Å². The van der Waals surface area contributed by atoms with Crippen LogP contribution in [0.2, 0.25) is 0 Å². The lowest BCUT2D eigenvalue weighted by molar-refractivity contribution is 0.551. The van der Waals surface area contributed by atoms with Gasteiger partial charge < -0.3 is 10.6 Å². The molecule has 0 aromatic heterocycles. The van der Waals surface area contributed by atoms with E-state index in [2.05, 4.69) is 46.1 Å². The minimum absolute atomic E-state index is 0.591. The maximum absolute atomic E-state index is 5.89. The second-order valence-electron chi connectivity index (χ2n) is 5.20. The van der Waals surface area contributed by atoms with Gasteiger partial charge >= 0.3 is 0 Å². The van der Waals surface area contributed by atoms with E-state index in [4.69, 9.17) is 5.73 Å². The Bertz CT molecular complexity index is 384. The molecule has 100 valence electrons. The van der Waals surface area contributed by atoms with Crippen molar-refractivity contribution in [1.29, 1.82) is 0 Å². The van der Waals surface area contributed by atoms with Gasteiger partial charge in [0.05, 0.1) is 0 Å². The number of nitrogens with two attached hydrogens (primary N) is 1. The second kappa shape index (κ2) is 6.58. The van der Waals surface area contributed by atoms with Crippen LogP contribution >= 0.6 is 15.9 Å². The number of rotatable bonds is 3. The normalized spacial score (nSPS) is 17.5. The van der Waals surface area contributed by atoms with E-state index in [0.29, 0.717) is 12.6 Å². The van der Waals surface area contributed by atoms with Gasteiger partial charge in [-0.3, -0.25) is 0 Å². The van der Waals surface area contributed by atoms with Gasteiger partial charge in [-0.25, -0.2) is 0 Å². The van der Waals surface area contributed by atoms with Crippen LogP contribution in [-0.2, 0) is 6.54 Å². The number of benzene rings is 1. The summed E-state index contributed by atoms with van der Waals surface area (Å²) in [6.45, 7) is 0.591. The summed E-state index contributed by atoms with van der Waals surface area (Å²) < 4.78 is 1.13. The summed E-state index contributed by atoms with van der Waals surface area (Å²) in [5.41, 5.74) is 8.41. The Hall–Kier alpha value is -0.540. The predicted molar refractivity (Wildman–Crippen MR) is 81.9 cm³/mol. The van der Waals surface area contributed by atoms with Crippen molar-refractivity contribution in [3.63, 3.8) is 0 Å². The molecule has 1 saturated carbocycles. The molecule has 1 aromatic carbocycles. The van der Waals surface area contributed by atoms with Crippen molar-refractivity contribution in [2.45, 2.75) is 51.1 Å². The summed E-state index contributed by atoms with van der Waals surface area (Å²) in [5.74, 6) is 0. The molecule has 1 fully saturated rings. The van der Waals surface area contributed by atoms with Crippen LogP contribution in [0.15, 0.2) is 22.7 Å². The van der Waals surface area contributed by atoms with Crippen molar-refractivity contribution in [2.75, 3.05) is 11.9 Å². The van der Waals surface area contributed by atoms with E-state index in [9.17, 15) is 0 Å². The molecule has 1 aromatic rings. The number of hydrogen-bond donors (Lipinski definition) is 1. The molecule has 1 aliphatic rings. The predicted octanol–water partition coefficient (Wildman–Crippen LogP) is 4.07. The molecule has 0 unspecified atom stereocenters. The third-order valence-corrected chi connectivity index (χ3v) is 4.79. The molecule has 3 heteroatoms. The Morgan fingerprint density at radius 2 is 1.89 bits per heavy atom. The minimum Gasteiger partial charge on any atom is -0.371 e. The zero-order valence-corrected chi connectivity index (χ0v) is 12.7. The van der Waals surface area contributed by atoms with Crippen molar-refractivity contribution in [3.8, 4) is 0 Å². The largest absolute Gasteiger partial charge is 0.371 e. The average molecular weight is 311 g/mol. The number of hydrogen-bond acceptors (Lipinski definition) is 2. The highest BCUT2D eigenvalue weighted by Gasteiger charge is 2.19. The second-order valence-corrected chi connectivity index (χ2v) is 6.05. The van der Waals surface area contributed by atoms with Gasteiger partial charge in [0.1, 0.15) is 0 Å². The molecule has 0 radical (unpaired) electrons. The highest BCUT2D eigenvalue weighted by Crippen LogP contribution is 2.31. The topological polar surface area (TPSA) is 29.3 Å². The molecule has 2 rings (SSSR count). The summed E-state index contributed by atoms with van der Waals surface area (Å²) in [6, 6.07) is 7.04. The fourth-order valence-electron chi connectivity index (χ4n) is 2.92. The summed E-state index contributed by atoms with van der Waals surface area (Å²) in [4.78, 5) is 2.44. The fraction of sp³-hybridized carbons (Fsp3) is 0.600. The lowest BCUT2D eigenvalue weighted by Gasteiger charge is -2.31. The van der Waals surface area contributed by atoms with Crippen molar-refractivity contribution < 1.29 is 0 Å². The van der Waals surface area contributed by atoms with Crippen molar-refractivity contribution in [3.05, 3.63) is 28.2 Å². The van der Waals surface area contributed by atoms with Gasteiger partial charge in [0.2, 0.25) is 0 Å². The zero-order chi connectivity index (χ0) is 13.0. The summed E-state index contributed by atoms with van der Waals surface area (Å²) in [7, 11) is 2.22. The van der Waals surface area contributed by atoms with Crippen LogP contribution in [0.5, 0.6) is 0 Å². The first-order valence-electron chi connectivity index (χ1n) is 6.94. The van der Waals surface area contributed by atoms with E-state index in [1.165, 1.54) is 49.8 Å². The average Bonchev–Trinajstić information content (AvgIpc) is 2.66. The summed E-state index contributed by atoms with van der Waals surface area (Å²) >= 11 is 3.61. The molecular formula is C15H23BrN2. The van der Waals surface area contributed by atoms with Crippen LogP contribution in [0.25, 0.3) is 0 Å². The van der Waals surface area contributed by atoms with E-state index in [-0.39, 0.29) is 0 Å². The first-order chi connectivity index (χ1) is 8.74. The van der Waals surface area contributed by atoms with E-state index in [0.717, 1.165) is 4.47 Å². The first-order valence-corrected chi connectivity index (χ1v) is 7.73. The minimum atomic E-state index is 0.591. The van der Waals surface area contributed by atoms with Crippen molar-refractivity contribution in [1.82, 2.24) is 0 Å². The number of nitrogens with zero attached hydrogens (tertiary/aromatic N) is 1. The Balaban J connectivity index is 2.21. The van der Waals surface area contributed by atoms with Gasteiger partial charge in [0, 0.05) is 35.4 Å². The zero-order valence-electron chi connectivity index (χ0n) is 11.2. The van der Waals surface area contributed by atoms with Crippen LogP contribution in [0.3, 0.4) is 0 Å². The highest BCUT2D eigenvalue weighted by atomic mass is 79.9. The molecule has 0 heterocycles. The van der Waals surface area contributed by atoms with Crippen LogP contribution in [0.4, 0.5) is 5.69 Å². The Labute approximate surface area is 119 Å². The van der Waals surface area contributed by atoms with Gasteiger partial charge in [-0.15, -0.1) is 0 Å². The molecule has 0 saturated heterocycles. The number of halogens is 1. The Morgan fingerprint density at radius 1 is 1.22 bits per heavy atom. The molecule has 0 aliphatic heterocycles. The SMILES string of the molecule is CN(c1cccc(Br)c1CN)C1CCCCCC1. The third kappa shape index (κ3) is 3.07. The van der Waals surface area contributed by atoms with E-state index in [1.54, 1.807) is 0 Å². The van der Waals surface area contributed by atoms with E-state index in [1.807, 2.05) is 0 Å². The standard InChI is InChI=1S/C15H23BrN2/c1-18(12-7-4-2-3-5-8-12)15-10-6-9-14(16)13(15)11-17/h6,9-10,12H,2-5,7-8,11,17H2,1H3. The van der Waals surface area contributed by atoms with Gasteiger partial charge in [-0.2, -0.15) is 0 Å². The molecule has 2 nitrogen and oxygen atoms in total. The smallest absolute Gasteiger partial charge is 0.0423 e. The Morgan fingerprint density at radius 3 is 2.50 bits per heavy atom. The number of anilines is 1. The molecule has 0 bridgehead atoms. The maximum Gasteiger partial charge on any atom is 0.0423 e. The molecule has 0 amide bonds. The lowest BCUT2D eigenvalue weighted by atomic mass is 10.0. The van der Waals surface area contributed by atoms with E-state index >= 15 is 0 Å². The molecule has 0 spiro atoms. The lowest BCUT2D eigenvalue weighted by Crippen LogP contribution is -2.32. The van der Waals surface area contributed by atoms with Gasteiger partial charge in [-0.1, -0.05) is 47.7 Å². The third-order valence-electron chi connectivity index (χ3n) is 4.05. The van der Waals surface area contributed by atoms with Crippen LogP contribution < -0.4 is 10.6 Å². The van der Waals surface area contributed by atoms with Gasteiger partial charge in [-0.05, 0) is 25.0 Å². The quantitative estimate of drug-likeness (QED) is 0.853.